The van der Waals surface area contributed by atoms with Gasteiger partial charge in [0.15, 0.2) is 6.29 Å². The molecule has 0 radical (unpaired) electrons. The number of hydrogen-bond acceptors (Lipinski definition) is 6. The third kappa shape index (κ3) is 3.72. The van der Waals surface area contributed by atoms with Crippen molar-refractivity contribution in [2.45, 2.75) is 37.8 Å². The van der Waals surface area contributed by atoms with Crippen LogP contribution in [0.1, 0.15) is 13.8 Å². The summed E-state index contributed by atoms with van der Waals surface area (Å²) >= 11 is 4.04. The molecule has 1 saturated heterocycles. The molecule has 0 spiro atoms. The second-order valence-electron chi connectivity index (χ2n) is 2.55. The highest BCUT2D eigenvalue weighted by molar-refractivity contribution is 7.80. The second kappa shape index (κ2) is 7.44. The predicted molar refractivity (Wildman–Crippen MR) is 56.0 cm³/mol. The van der Waals surface area contributed by atoms with E-state index in [1.807, 2.05) is 13.8 Å². The summed E-state index contributed by atoms with van der Waals surface area (Å²) in [5.74, 6) is 0. The molecular formula is C8H19NO4S. The summed E-state index contributed by atoms with van der Waals surface area (Å²) in [5, 5.41) is 17.9. The minimum absolute atomic E-state index is 0.226. The number of rotatable bonds is 2. The number of aliphatic hydroxyl groups excluding tert-OH is 2. The van der Waals surface area contributed by atoms with E-state index >= 15 is 0 Å². The Kier molecular flexibility index (Phi) is 7.52. The highest BCUT2D eigenvalue weighted by Gasteiger charge is 2.34. The van der Waals surface area contributed by atoms with Crippen LogP contribution in [0.4, 0.5) is 0 Å². The van der Waals surface area contributed by atoms with Gasteiger partial charge in [-0.05, 0) is 0 Å². The van der Waals surface area contributed by atoms with Crippen molar-refractivity contribution in [2.75, 3.05) is 13.2 Å². The van der Waals surface area contributed by atoms with E-state index < -0.39 is 23.9 Å². The summed E-state index contributed by atoms with van der Waals surface area (Å²) in [6, 6.07) is 0. The van der Waals surface area contributed by atoms with E-state index in [2.05, 4.69) is 12.6 Å². The molecule has 0 aromatic rings. The molecule has 0 amide bonds. The Hall–Kier alpha value is 0.150. The van der Waals surface area contributed by atoms with Crippen molar-refractivity contribution in [3.05, 3.63) is 0 Å². The largest absolute Gasteiger partial charge is 0.393 e. The fourth-order valence-electron chi connectivity index (χ4n) is 0.973. The number of thiol groups is 1. The van der Waals surface area contributed by atoms with E-state index in [-0.39, 0.29) is 13.2 Å². The lowest BCUT2D eigenvalue weighted by Crippen LogP contribution is -2.51. The van der Waals surface area contributed by atoms with Gasteiger partial charge in [-0.15, -0.1) is 12.6 Å². The van der Waals surface area contributed by atoms with Crippen molar-refractivity contribution >= 4 is 12.6 Å². The van der Waals surface area contributed by atoms with Crippen molar-refractivity contribution < 1.29 is 19.7 Å². The predicted octanol–water partition coefficient (Wildman–Crippen LogP) is -0.678. The molecule has 1 fully saturated rings. The average Bonchev–Trinajstić information content (AvgIpc) is 2.23. The summed E-state index contributed by atoms with van der Waals surface area (Å²) in [6.45, 7) is 3.93. The Morgan fingerprint density at radius 1 is 1.29 bits per heavy atom. The first kappa shape index (κ1) is 14.2. The monoisotopic (exact) mass is 225 g/mol. The number of aliphatic hydroxyl groups is 2. The smallest absolute Gasteiger partial charge is 0.184 e. The van der Waals surface area contributed by atoms with Crippen molar-refractivity contribution in [2.24, 2.45) is 5.73 Å². The van der Waals surface area contributed by atoms with Gasteiger partial charge in [0.25, 0.3) is 0 Å². The average molecular weight is 225 g/mol. The third-order valence-corrected chi connectivity index (χ3v) is 2.13. The van der Waals surface area contributed by atoms with Crippen LogP contribution in [0, 0.1) is 0 Å². The standard InChI is InChI=1S/C6H13NO4S.C2H6/c7-1-3-6(12)11-4(2-8)5(9)10-3;1-2/h3-6,8-9,12H,1-2,7H2;1-2H3. The summed E-state index contributed by atoms with van der Waals surface area (Å²) in [5.41, 5.74) is 4.83. The van der Waals surface area contributed by atoms with Gasteiger partial charge in [-0.1, -0.05) is 13.8 Å². The van der Waals surface area contributed by atoms with Gasteiger partial charge in [-0.2, -0.15) is 0 Å². The summed E-state index contributed by atoms with van der Waals surface area (Å²) in [7, 11) is 0. The summed E-state index contributed by atoms with van der Waals surface area (Å²) < 4.78 is 10.1. The topological polar surface area (TPSA) is 84.9 Å². The van der Waals surface area contributed by atoms with Crippen LogP contribution in [0.3, 0.4) is 0 Å². The Morgan fingerprint density at radius 2 is 1.86 bits per heavy atom. The number of nitrogens with two attached hydrogens (primary N) is 1. The van der Waals surface area contributed by atoms with Gasteiger partial charge >= 0.3 is 0 Å². The Morgan fingerprint density at radius 3 is 2.29 bits per heavy atom. The molecule has 1 heterocycles. The van der Waals surface area contributed by atoms with Crippen molar-refractivity contribution in [1.29, 1.82) is 0 Å². The van der Waals surface area contributed by atoms with E-state index in [0.717, 1.165) is 0 Å². The van der Waals surface area contributed by atoms with Gasteiger partial charge in [0.1, 0.15) is 17.6 Å². The fraction of sp³-hybridized carbons (Fsp3) is 1.00. The van der Waals surface area contributed by atoms with Gasteiger partial charge < -0.3 is 25.4 Å². The molecule has 4 N–H and O–H groups in total. The van der Waals surface area contributed by atoms with Crippen LogP contribution in [-0.2, 0) is 9.47 Å². The fourth-order valence-corrected chi connectivity index (χ4v) is 1.32. The molecule has 0 bridgehead atoms. The molecule has 14 heavy (non-hydrogen) atoms. The van der Waals surface area contributed by atoms with Crippen LogP contribution in [0.5, 0.6) is 0 Å². The quantitative estimate of drug-likeness (QED) is 0.468. The van der Waals surface area contributed by atoms with Gasteiger partial charge in [0.05, 0.1) is 6.61 Å². The molecule has 86 valence electrons. The molecule has 1 rings (SSSR count). The van der Waals surface area contributed by atoms with Crippen LogP contribution >= 0.6 is 12.6 Å². The molecular weight excluding hydrogens is 206 g/mol. The highest BCUT2D eigenvalue weighted by Crippen LogP contribution is 2.20. The normalized spacial score (nSPS) is 37.3. The molecule has 4 unspecified atom stereocenters. The molecule has 5 nitrogen and oxygen atoms in total. The third-order valence-electron chi connectivity index (χ3n) is 1.68. The lowest BCUT2D eigenvalue weighted by atomic mass is 10.3. The number of hydrogen-bond donors (Lipinski definition) is 4. The lowest BCUT2D eigenvalue weighted by molar-refractivity contribution is -0.268. The van der Waals surface area contributed by atoms with Crippen molar-refractivity contribution in [1.82, 2.24) is 0 Å². The molecule has 0 saturated carbocycles. The van der Waals surface area contributed by atoms with Crippen LogP contribution < -0.4 is 5.73 Å². The summed E-state index contributed by atoms with van der Waals surface area (Å²) in [4.78, 5) is 0. The maximum Gasteiger partial charge on any atom is 0.184 e. The first-order valence-electron chi connectivity index (χ1n) is 4.67. The lowest BCUT2D eigenvalue weighted by Gasteiger charge is -2.36. The molecule has 0 aromatic heterocycles. The molecule has 0 aliphatic carbocycles. The Labute approximate surface area is 89.6 Å². The minimum Gasteiger partial charge on any atom is -0.393 e. The van der Waals surface area contributed by atoms with Gasteiger partial charge in [0.2, 0.25) is 0 Å². The minimum atomic E-state index is -1.12. The van der Waals surface area contributed by atoms with Gasteiger partial charge in [0, 0.05) is 6.54 Å². The molecule has 6 heteroatoms. The van der Waals surface area contributed by atoms with Crippen LogP contribution in [-0.4, -0.2) is 47.3 Å². The Bertz CT molecular complexity index is 133. The SMILES string of the molecule is CC.NCC1OC(O)C(CO)OC1S. The van der Waals surface area contributed by atoms with Crippen molar-refractivity contribution in [3.8, 4) is 0 Å². The van der Waals surface area contributed by atoms with E-state index in [0.29, 0.717) is 0 Å². The Balaban J connectivity index is 0.000000791. The maximum atomic E-state index is 9.19. The zero-order valence-electron chi connectivity index (χ0n) is 8.46. The molecule has 4 atom stereocenters. The molecule has 1 aliphatic rings. The van der Waals surface area contributed by atoms with E-state index in [9.17, 15) is 5.11 Å². The van der Waals surface area contributed by atoms with Crippen LogP contribution in [0.2, 0.25) is 0 Å². The van der Waals surface area contributed by atoms with Gasteiger partial charge in [-0.3, -0.25) is 0 Å². The van der Waals surface area contributed by atoms with Crippen LogP contribution in [0.25, 0.3) is 0 Å². The molecule has 1 aliphatic heterocycles. The maximum absolute atomic E-state index is 9.19. The van der Waals surface area contributed by atoms with Crippen LogP contribution in [0.15, 0.2) is 0 Å². The van der Waals surface area contributed by atoms with E-state index in [1.165, 1.54) is 0 Å². The summed E-state index contributed by atoms with van der Waals surface area (Å²) in [6.07, 6.45) is -2.27. The van der Waals surface area contributed by atoms with Crippen molar-refractivity contribution in [3.63, 3.8) is 0 Å². The highest BCUT2D eigenvalue weighted by atomic mass is 32.1. The van der Waals surface area contributed by atoms with E-state index in [1.54, 1.807) is 0 Å². The van der Waals surface area contributed by atoms with E-state index in [4.69, 9.17) is 20.3 Å². The zero-order valence-corrected chi connectivity index (χ0v) is 9.35. The first-order chi connectivity index (χ1) is 6.69. The first-order valence-corrected chi connectivity index (χ1v) is 5.18. The number of ether oxygens (including phenoxy) is 2. The van der Waals surface area contributed by atoms with Gasteiger partial charge in [-0.25, -0.2) is 0 Å². The second-order valence-corrected chi connectivity index (χ2v) is 3.06. The zero-order chi connectivity index (χ0) is 11.1. The molecule has 0 aromatic carbocycles.